The topological polar surface area (TPSA) is 88.2 Å². The van der Waals surface area contributed by atoms with Gasteiger partial charge in [0.2, 0.25) is 0 Å². The van der Waals surface area contributed by atoms with Gasteiger partial charge in [-0.1, -0.05) is 12.1 Å². The van der Waals surface area contributed by atoms with Crippen molar-refractivity contribution in [3.63, 3.8) is 0 Å². The van der Waals surface area contributed by atoms with Crippen LogP contribution in [0, 0.1) is 0 Å². The van der Waals surface area contributed by atoms with Crippen molar-refractivity contribution in [3.05, 3.63) is 54.5 Å². The zero-order valence-electron chi connectivity index (χ0n) is 13.7. The van der Waals surface area contributed by atoms with Gasteiger partial charge in [0.25, 0.3) is 0 Å². The second kappa shape index (κ2) is 12.5. The fourth-order valence-corrected chi connectivity index (χ4v) is 2.04. The number of hydrogen-bond acceptors (Lipinski definition) is 4. The van der Waals surface area contributed by atoms with E-state index in [1.807, 2.05) is 36.4 Å². The largest absolute Gasteiger partial charge is 0.370 e. The van der Waals surface area contributed by atoms with Crippen molar-refractivity contribution >= 4 is 35.8 Å². The van der Waals surface area contributed by atoms with Crippen molar-refractivity contribution in [2.75, 3.05) is 25.0 Å². The van der Waals surface area contributed by atoms with E-state index in [0.717, 1.165) is 50.4 Å². The first-order valence-electron chi connectivity index (χ1n) is 7.93. The summed E-state index contributed by atoms with van der Waals surface area (Å²) in [7, 11) is 0. The molecule has 0 saturated carbocycles. The Hall–Kier alpha value is -1.90. The van der Waals surface area contributed by atoms with Crippen molar-refractivity contribution in [2.24, 2.45) is 10.7 Å². The highest BCUT2D eigenvalue weighted by atomic mass is 127. The number of aliphatic imine (C=N–C) groups is 1. The van der Waals surface area contributed by atoms with Crippen LogP contribution in [-0.4, -0.2) is 35.6 Å². The number of aromatic nitrogens is 2. The molecule has 6 nitrogen and oxygen atoms in total. The van der Waals surface area contributed by atoms with Gasteiger partial charge in [-0.15, -0.1) is 24.0 Å². The molecular weight excluding hydrogens is 415 g/mol. The minimum atomic E-state index is 0. The van der Waals surface area contributed by atoms with Crippen LogP contribution < -0.4 is 16.4 Å². The van der Waals surface area contributed by atoms with Crippen LogP contribution in [0.25, 0.3) is 0 Å². The van der Waals surface area contributed by atoms with Crippen molar-refractivity contribution in [1.82, 2.24) is 15.3 Å². The van der Waals surface area contributed by atoms with Gasteiger partial charge < -0.3 is 16.4 Å². The quantitative estimate of drug-likeness (QED) is 0.241. The van der Waals surface area contributed by atoms with Crippen LogP contribution in [0.3, 0.4) is 0 Å². The Morgan fingerprint density at radius 1 is 1.00 bits per heavy atom. The van der Waals surface area contributed by atoms with Crippen LogP contribution in [0.5, 0.6) is 0 Å². The third-order valence-electron chi connectivity index (χ3n) is 3.25. The highest BCUT2D eigenvalue weighted by Crippen LogP contribution is 2.00. The lowest BCUT2D eigenvalue weighted by Gasteiger charge is -2.06. The van der Waals surface area contributed by atoms with Gasteiger partial charge in [-0.25, -0.2) is 4.98 Å². The number of nitrogens with one attached hydrogen (secondary N) is 2. The average Bonchev–Trinajstić information content (AvgIpc) is 2.60. The molecule has 0 amide bonds. The summed E-state index contributed by atoms with van der Waals surface area (Å²) >= 11 is 0. The first-order chi connectivity index (χ1) is 11.3. The zero-order chi connectivity index (χ0) is 16.2. The number of anilines is 1. The number of guanidine groups is 1. The molecule has 7 heteroatoms. The van der Waals surface area contributed by atoms with E-state index < -0.39 is 0 Å². The van der Waals surface area contributed by atoms with Gasteiger partial charge in [0.05, 0.1) is 0 Å². The number of nitrogens with zero attached hydrogens (tertiary/aromatic N) is 3. The van der Waals surface area contributed by atoms with E-state index in [1.54, 1.807) is 12.4 Å². The first kappa shape index (κ1) is 20.1. The smallest absolute Gasteiger partial charge is 0.188 e. The summed E-state index contributed by atoms with van der Waals surface area (Å²) in [5.41, 5.74) is 6.89. The predicted molar refractivity (Wildman–Crippen MR) is 110 cm³/mol. The molecule has 0 aromatic carbocycles. The Morgan fingerprint density at radius 3 is 2.50 bits per heavy atom. The van der Waals surface area contributed by atoms with Gasteiger partial charge in [-0.05, 0) is 37.1 Å². The molecule has 0 bridgehead atoms. The van der Waals surface area contributed by atoms with Crippen LogP contribution in [0.15, 0.2) is 53.8 Å². The normalized spacial score (nSPS) is 10.8. The SMILES string of the molecule is I.NC(=NCCCCNc1ccccn1)NCCc1ccccn1. The van der Waals surface area contributed by atoms with Gasteiger partial charge in [0.1, 0.15) is 5.82 Å². The Bertz CT molecular complexity index is 576. The molecule has 0 atom stereocenters. The standard InChI is InChI=1S/C17H24N6.HI/c18-17(23-14-9-15-7-1-3-10-19-15)22-13-6-5-12-21-16-8-2-4-11-20-16;/h1-4,7-8,10-11H,5-6,9,12-14H2,(H,20,21)(H3,18,22,23);1H. The minimum Gasteiger partial charge on any atom is -0.370 e. The van der Waals surface area contributed by atoms with Gasteiger partial charge in [0.15, 0.2) is 5.96 Å². The molecule has 2 heterocycles. The van der Waals surface area contributed by atoms with E-state index in [4.69, 9.17) is 5.73 Å². The molecule has 0 aliphatic rings. The fraction of sp³-hybridized carbons (Fsp3) is 0.353. The van der Waals surface area contributed by atoms with E-state index in [2.05, 4.69) is 25.6 Å². The summed E-state index contributed by atoms with van der Waals surface area (Å²) in [6.45, 7) is 2.36. The minimum absolute atomic E-state index is 0. The number of unbranched alkanes of at least 4 members (excludes halogenated alkanes) is 1. The first-order valence-corrected chi connectivity index (χ1v) is 7.93. The molecule has 2 aromatic rings. The molecule has 0 saturated heterocycles. The number of nitrogens with two attached hydrogens (primary N) is 1. The zero-order valence-corrected chi connectivity index (χ0v) is 16.0. The molecule has 0 radical (unpaired) electrons. The Morgan fingerprint density at radius 2 is 1.79 bits per heavy atom. The summed E-state index contributed by atoms with van der Waals surface area (Å²) in [6.07, 6.45) is 6.44. The molecule has 2 rings (SSSR count). The molecule has 0 aliphatic carbocycles. The van der Waals surface area contributed by atoms with E-state index in [1.165, 1.54) is 0 Å². The van der Waals surface area contributed by atoms with Crippen molar-refractivity contribution in [2.45, 2.75) is 19.3 Å². The summed E-state index contributed by atoms with van der Waals surface area (Å²) in [6, 6.07) is 11.7. The van der Waals surface area contributed by atoms with Crippen molar-refractivity contribution in [3.8, 4) is 0 Å². The number of hydrogen-bond donors (Lipinski definition) is 3. The maximum Gasteiger partial charge on any atom is 0.188 e. The van der Waals surface area contributed by atoms with E-state index in [9.17, 15) is 0 Å². The Kier molecular flexibility index (Phi) is 10.5. The summed E-state index contributed by atoms with van der Waals surface area (Å²) < 4.78 is 0. The summed E-state index contributed by atoms with van der Waals surface area (Å²) in [4.78, 5) is 12.8. The summed E-state index contributed by atoms with van der Waals surface area (Å²) in [5.74, 6) is 1.41. The molecule has 4 N–H and O–H groups in total. The predicted octanol–water partition coefficient (Wildman–Crippen LogP) is 2.43. The highest BCUT2D eigenvalue weighted by Gasteiger charge is 1.95. The lowest BCUT2D eigenvalue weighted by Crippen LogP contribution is -2.33. The van der Waals surface area contributed by atoms with Gasteiger partial charge in [-0.3, -0.25) is 9.98 Å². The van der Waals surface area contributed by atoms with Crippen molar-refractivity contribution < 1.29 is 0 Å². The molecule has 24 heavy (non-hydrogen) atoms. The van der Waals surface area contributed by atoms with Gasteiger partial charge in [-0.2, -0.15) is 0 Å². The Balaban J connectivity index is 0.00000288. The van der Waals surface area contributed by atoms with Crippen LogP contribution in [0.1, 0.15) is 18.5 Å². The van der Waals surface area contributed by atoms with Gasteiger partial charge in [0, 0.05) is 44.1 Å². The molecular formula is C17H25IN6. The van der Waals surface area contributed by atoms with Crippen LogP contribution >= 0.6 is 24.0 Å². The lowest BCUT2D eigenvalue weighted by molar-refractivity contribution is 0.762. The molecule has 130 valence electrons. The maximum absolute atomic E-state index is 5.84. The number of pyridine rings is 2. The molecule has 0 spiro atoms. The van der Waals surface area contributed by atoms with E-state index in [0.29, 0.717) is 5.96 Å². The maximum atomic E-state index is 5.84. The third-order valence-corrected chi connectivity index (χ3v) is 3.25. The number of halogens is 1. The van der Waals surface area contributed by atoms with Crippen LogP contribution in [0.2, 0.25) is 0 Å². The van der Waals surface area contributed by atoms with Crippen LogP contribution in [-0.2, 0) is 6.42 Å². The molecule has 2 aromatic heterocycles. The van der Waals surface area contributed by atoms with E-state index >= 15 is 0 Å². The van der Waals surface area contributed by atoms with Crippen molar-refractivity contribution in [1.29, 1.82) is 0 Å². The second-order valence-electron chi connectivity index (χ2n) is 5.11. The molecule has 0 unspecified atom stereocenters. The van der Waals surface area contributed by atoms with Crippen LogP contribution in [0.4, 0.5) is 5.82 Å². The average molecular weight is 440 g/mol. The summed E-state index contributed by atoms with van der Waals surface area (Å²) in [5, 5.41) is 6.38. The lowest BCUT2D eigenvalue weighted by atomic mass is 10.3. The molecule has 0 aliphatic heterocycles. The number of rotatable bonds is 9. The second-order valence-corrected chi connectivity index (χ2v) is 5.11. The Labute approximate surface area is 160 Å². The van der Waals surface area contributed by atoms with Gasteiger partial charge >= 0.3 is 0 Å². The fourth-order valence-electron chi connectivity index (χ4n) is 2.04. The highest BCUT2D eigenvalue weighted by molar-refractivity contribution is 14.0. The van der Waals surface area contributed by atoms with E-state index in [-0.39, 0.29) is 24.0 Å². The third kappa shape index (κ3) is 8.66. The molecule has 0 fully saturated rings. The monoisotopic (exact) mass is 440 g/mol.